The molecule has 2 aromatic heterocycles. The highest BCUT2D eigenvalue weighted by Gasteiger charge is 2.22. The summed E-state index contributed by atoms with van der Waals surface area (Å²) < 4.78 is 5.40. The predicted molar refractivity (Wildman–Crippen MR) is 114 cm³/mol. The highest BCUT2D eigenvalue weighted by molar-refractivity contribution is 7.15. The first-order chi connectivity index (χ1) is 12.2. The molecule has 0 fully saturated rings. The van der Waals surface area contributed by atoms with E-state index in [1.54, 1.807) is 6.26 Å². The van der Waals surface area contributed by atoms with E-state index in [1.165, 1.54) is 11.3 Å². The fourth-order valence-electron chi connectivity index (χ4n) is 2.59. The standard InChI is InChI=1S/C19H21N3O2S.2ClH/c1-14-17(21-18(25-14)16-9-5-12-24-16)19(23)22(11-6-10-20)13-15-7-3-2-4-8-15;;/h2-5,7-9,12H,6,10-11,13,20H2,1H3;2*1H. The number of hydrogen-bond donors (Lipinski definition) is 1. The molecule has 0 atom stereocenters. The Bertz CT molecular complexity index is 823. The maximum atomic E-state index is 13.1. The fourth-order valence-corrected chi connectivity index (χ4v) is 3.46. The molecule has 27 heavy (non-hydrogen) atoms. The summed E-state index contributed by atoms with van der Waals surface area (Å²) in [7, 11) is 0. The first kappa shape index (κ1) is 23.2. The van der Waals surface area contributed by atoms with Crippen molar-refractivity contribution in [3.05, 3.63) is 64.9 Å². The number of furan rings is 1. The number of halogens is 2. The molecule has 3 rings (SSSR count). The molecule has 1 aromatic carbocycles. The van der Waals surface area contributed by atoms with Crippen molar-refractivity contribution in [3.8, 4) is 10.8 Å². The number of nitrogens with zero attached hydrogens (tertiary/aromatic N) is 2. The quantitative estimate of drug-likeness (QED) is 0.600. The highest BCUT2D eigenvalue weighted by Crippen LogP contribution is 2.28. The monoisotopic (exact) mass is 427 g/mol. The molecule has 0 bridgehead atoms. The Labute approximate surface area is 175 Å². The second-order valence-electron chi connectivity index (χ2n) is 5.76. The summed E-state index contributed by atoms with van der Waals surface area (Å²) in [6.45, 7) is 3.62. The van der Waals surface area contributed by atoms with Crippen LogP contribution in [0.1, 0.15) is 27.3 Å². The van der Waals surface area contributed by atoms with E-state index in [0.717, 1.165) is 21.9 Å². The zero-order chi connectivity index (χ0) is 17.6. The van der Waals surface area contributed by atoms with Crippen LogP contribution in [-0.4, -0.2) is 28.9 Å². The first-order valence-electron chi connectivity index (χ1n) is 8.23. The van der Waals surface area contributed by atoms with Gasteiger partial charge in [-0.25, -0.2) is 4.98 Å². The number of thiazole rings is 1. The van der Waals surface area contributed by atoms with Crippen LogP contribution in [0, 0.1) is 6.92 Å². The number of rotatable bonds is 7. The lowest BCUT2D eigenvalue weighted by atomic mass is 10.2. The van der Waals surface area contributed by atoms with Crippen LogP contribution in [0.3, 0.4) is 0 Å². The van der Waals surface area contributed by atoms with E-state index in [4.69, 9.17) is 10.2 Å². The zero-order valence-electron chi connectivity index (χ0n) is 15.0. The molecule has 0 spiro atoms. The van der Waals surface area contributed by atoms with Crippen LogP contribution in [0.25, 0.3) is 10.8 Å². The van der Waals surface area contributed by atoms with Gasteiger partial charge in [0.05, 0.1) is 6.26 Å². The Morgan fingerprint density at radius 1 is 1.19 bits per heavy atom. The van der Waals surface area contributed by atoms with Gasteiger partial charge in [0.15, 0.2) is 10.8 Å². The van der Waals surface area contributed by atoms with Crippen molar-refractivity contribution in [2.45, 2.75) is 19.9 Å². The summed E-state index contributed by atoms with van der Waals surface area (Å²) in [5.41, 5.74) is 7.22. The van der Waals surface area contributed by atoms with Crippen molar-refractivity contribution in [2.24, 2.45) is 5.73 Å². The molecule has 0 radical (unpaired) electrons. The van der Waals surface area contributed by atoms with E-state index in [9.17, 15) is 4.79 Å². The summed E-state index contributed by atoms with van der Waals surface area (Å²) in [5, 5.41) is 0.726. The lowest BCUT2D eigenvalue weighted by Crippen LogP contribution is -2.33. The molecular formula is C19H23Cl2N3O2S. The van der Waals surface area contributed by atoms with Gasteiger partial charge in [0.2, 0.25) is 0 Å². The van der Waals surface area contributed by atoms with Gasteiger partial charge in [-0.2, -0.15) is 0 Å². The third kappa shape index (κ3) is 5.81. The van der Waals surface area contributed by atoms with Crippen LogP contribution in [0.2, 0.25) is 0 Å². The topological polar surface area (TPSA) is 72.4 Å². The first-order valence-corrected chi connectivity index (χ1v) is 9.05. The third-order valence-corrected chi connectivity index (χ3v) is 4.85. The average Bonchev–Trinajstić information content (AvgIpc) is 3.28. The van der Waals surface area contributed by atoms with E-state index in [1.807, 2.05) is 54.3 Å². The van der Waals surface area contributed by atoms with Gasteiger partial charge in [-0.05, 0) is 37.6 Å². The summed E-state index contributed by atoms with van der Waals surface area (Å²) in [6, 6.07) is 13.6. The fraction of sp³-hybridized carbons (Fsp3) is 0.263. The van der Waals surface area contributed by atoms with Crippen molar-refractivity contribution in [1.29, 1.82) is 0 Å². The zero-order valence-corrected chi connectivity index (χ0v) is 17.4. The third-order valence-electron chi connectivity index (χ3n) is 3.87. The molecule has 0 unspecified atom stereocenters. The number of benzene rings is 1. The summed E-state index contributed by atoms with van der Waals surface area (Å²) in [5.74, 6) is 0.618. The van der Waals surface area contributed by atoms with E-state index in [-0.39, 0.29) is 30.7 Å². The van der Waals surface area contributed by atoms with Gasteiger partial charge in [-0.3, -0.25) is 4.79 Å². The maximum absolute atomic E-state index is 13.1. The molecule has 3 aromatic rings. The van der Waals surface area contributed by atoms with E-state index in [0.29, 0.717) is 31.1 Å². The Balaban J connectivity index is 0.00000182. The van der Waals surface area contributed by atoms with Crippen molar-refractivity contribution in [1.82, 2.24) is 9.88 Å². The highest BCUT2D eigenvalue weighted by atomic mass is 35.5. The second-order valence-corrected chi connectivity index (χ2v) is 6.96. The van der Waals surface area contributed by atoms with Gasteiger partial charge in [0.1, 0.15) is 5.69 Å². The Morgan fingerprint density at radius 3 is 2.56 bits per heavy atom. The van der Waals surface area contributed by atoms with Gasteiger partial charge in [0.25, 0.3) is 5.91 Å². The van der Waals surface area contributed by atoms with Gasteiger partial charge in [0, 0.05) is 18.0 Å². The number of carbonyl (C=O) groups excluding carboxylic acids is 1. The van der Waals surface area contributed by atoms with Gasteiger partial charge in [-0.15, -0.1) is 36.2 Å². The Kier molecular flexibility index (Phi) is 9.52. The lowest BCUT2D eigenvalue weighted by molar-refractivity contribution is 0.0736. The molecule has 0 aliphatic heterocycles. The van der Waals surface area contributed by atoms with Crippen LogP contribution in [-0.2, 0) is 6.54 Å². The summed E-state index contributed by atoms with van der Waals surface area (Å²) >= 11 is 1.47. The van der Waals surface area contributed by atoms with Crippen LogP contribution < -0.4 is 5.73 Å². The van der Waals surface area contributed by atoms with Gasteiger partial charge in [-0.1, -0.05) is 30.3 Å². The molecule has 0 saturated heterocycles. The minimum atomic E-state index is -0.0659. The summed E-state index contributed by atoms with van der Waals surface area (Å²) in [6.07, 6.45) is 2.36. The maximum Gasteiger partial charge on any atom is 0.273 e. The smallest absolute Gasteiger partial charge is 0.273 e. The number of aryl methyl sites for hydroxylation is 1. The minimum Gasteiger partial charge on any atom is -0.462 e. The van der Waals surface area contributed by atoms with Crippen molar-refractivity contribution in [3.63, 3.8) is 0 Å². The number of hydrogen-bond acceptors (Lipinski definition) is 5. The summed E-state index contributed by atoms with van der Waals surface area (Å²) in [4.78, 5) is 20.3. The van der Waals surface area contributed by atoms with Gasteiger partial charge >= 0.3 is 0 Å². The molecule has 0 aliphatic rings. The SMILES string of the molecule is Cc1sc(-c2ccco2)nc1C(=O)N(CCCN)Cc1ccccc1.Cl.Cl. The van der Waals surface area contributed by atoms with Crippen molar-refractivity contribution >= 4 is 42.1 Å². The average molecular weight is 428 g/mol. The lowest BCUT2D eigenvalue weighted by Gasteiger charge is -2.22. The predicted octanol–water partition coefficient (Wildman–Crippen LogP) is 4.55. The number of nitrogens with two attached hydrogens (primary N) is 1. The normalized spacial score (nSPS) is 10.0. The molecule has 0 aliphatic carbocycles. The Morgan fingerprint density at radius 2 is 1.93 bits per heavy atom. The van der Waals surface area contributed by atoms with Crippen LogP contribution in [0.5, 0.6) is 0 Å². The van der Waals surface area contributed by atoms with Crippen molar-refractivity contribution in [2.75, 3.05) is 13.1 Å². The molecule has 1 amide bonds. The van der Waals surface area contributed by atoms with Crippen LogP contribution in [0.4, 0.5) is 0 Å². The Hall–Kier alpha value is -1.86. The molecule has 146 valence electrons. The van der Waals surface area contributed by atoms with E-state index >= 15 is 0 Å². The largest absolute Gasteiger partial charge is 0.462 e. The van der Waals surface area contributed by atoms with Gasteiger partial charge < -0.3 is 15.1 Å². The molecule has 8 heteroatoms. The molecule has 2 heterocycles. The molecular weight excluding hydrogens is 405 g/mol. The number of amides is 1. The molecule has 5 nitrogen and oxygen atoms in total. The molecule has 0 saturated carbocycles. The second kappa shape index (κ2) is 11.1. The van der Waals surface area contributed by atoms with E-state index < -0.39 is 0 Å². The van der Waals surface area contributed by atoms with Crippen LogP contribution in [0.15, 0.2) is 53.1 Å². The minimum absolute atomic E-state index is 0. The molecule has 2 N–H and O–H groups in total. The number of aromatic nitrogens is 1. The van der Waals surface area contributed by atoms with Crippen molar-refractivity contribution < 1.29 is 9.21 Å². The van der Waals surface area contributed by atoms with Crippen LogP contribution >= 0.6 is 36.2 Å². The van der Waals surface area contributed by atoms with E-state index in [2.05, 4.69) is 4.98 Å². The number of carbonyl (C=O) groups is 1.